The summed E-state index contributed by atoms with van der Waals surface area (Å²) in [6.45, 7) is 5.94. The summed E-state index contributed by atoms with van der Waals surface area (Å²) >= 11 is 0. The highest BCUT2D eigenvalue weighted by Gasteiger charge is 2.19. The highest BCUT2D eigenvalue weighted by atomic mass is 16.6. The monoisotopic (exact) mass is 262 g/mol. The van der Waals surface area contributed by atoms with Gasteiger partial charge < -0.3 is 14.7 Å². The van der Waals surface area contributed by atoms with Crippen molar-refractivity contribution in [3.05, 3.63) is 42.5 Å². The fourth-order valence-electron chi connectivity index (χ4n) is 2.26. The topological polar surface area (TPSA) is 49.7 Å². The van der Waals surface area contributed by atoms with Crippen LogP contribution in [0.15, 0.2) is 36.9 Å². The van der Waals surface area contributed by atoms with E-state index in [1.807, 2.05) is 24.3 Å². The van der Waals surface area contributed by atoms with Gasteiger partial charge in [-0.3, -0.25) is 0 Å². The van der Waals surface area contributed by atoms with Gasteiger partial charge in [0.1, 0.15) is 5.75 Å². The fourth-order valence-corrected chi connectivity index (χ4v) is 2.26. The van der Waals surface area contributed by atoms with E-state index in [0.29, 0.717) is 11.7 Å². The van der Waals surface area contributed by atoms with E-state index in [9.17, 15) is 0 Å². The molecule has 0 aliphatic heterocycles. The molecule has 0 radical (unpaired) electrons. The van der Waals surface area contributed by atoms with Gasteiger partial charge in [0.2, 0.25) is 0 Å². The molecule has 0 heterocycles. The molecule has 4 heteroatoms. The maximum atomic E-state index is 8.98. The van der Waals surface area contributed by atoms with Gasteiger partial charge in [0, 0.05) is 0 Å². The second-order valence-corrected chi connectivity index (χ2v) is 4.69. The van der Waals surface area contributed by atoms with Gasteiger partial charge >= 0.3 is 7.32 Å². The molecule has 0 aliphatic rings. The molecular weight excluding hydrogens is 239 g/mol. The second kappa shape index (κ2) is 8.78. The zero-order chi connectivity index (χ0) is 14.1. The predicted molar refractivity (Wildman–Crippen MR) is 79.0 cm³/mol. The van der Waals surface area contributed by atoms with E-state index >= 15 is 0 Å². The van der Waals surface area contributed by atoms with Gasteiger partial charge in [-0.15, -0.1) is 6.58 Å². The molecule has 0 amide bonds. The lowest BCUT2D eigenvalue weighted by molar-refractivity contribution is 0.285. The zero-order valence-corrected chi connectivity index (χ0v) is 11.6. The maximum Gasteiger partial charge on any atom is 0.707 e. The Labute approximate surface area is 116 Å². The smallest absolute Gasteiger partial charge is 0.512 e. The van der Waals surface area contributed by atoms with E-state index in [-0.39, 0.29) is 0 Å². The SMILES string of the molecule is C=CCCC(CCCC)c1ccccc1OB(O)O. The first-order chi connectivity index (χ1) is 9.19. The van der Waals surface area contributed by atoms with Crippen molar-refractivity contribution >= 4 is 7.32 Å². The molecule has 1 aromatic carbocycles. The van der Waals surface area contributed by atoms with Crippen LogP contribution < -0.4 is 4.65 Å². The quantitative estimate of drug-likeness (QED) is 0.530. The van der Waals surface area contributed by atoms with Crippen LogP contribution in [0.25, 0.3) is 0 Å². The van der Waals surface area contributed by atoms with Crippen molar-refractivity contribution in [2.75, 3.05) is 0 Å². The average Bonchev–Trinajstić information content (AvgIpc) is 2.39. The minimum Gasteiger partial charge on any atom is -0.512 e. The van der Waals surface area contributed by atoms with E-state index < -0.39 is 7.32 Å². The Bertz CT molecular complexity index is 379. The third kappa shape index (κ3) is 5.49. The van der Waals surface area contributed by atoms with Crippen LogP contribution in [0.5, 0.6) is 5.75 Å². The standard InChI is InChI=1S/C15H23BO3/c1-3-5-9-13(10-6-4-2)14-11-7-8-12-15(14)19-16(17)18/h3,7-8,11-13,17-18H,1,4-6,9-10H2,2H3. The zero-order valence-electron chi connectivity index (χ0n) is 11.6. The number of para-hydroxylation sites is 1. The maximum absolute atomic E-state index is 8.98. The molecule has 0 spiro atoms. The van der Waals surface area contributed by atoms with Crippen LogP contribution in [0.3, 0.4) is 0 Å². The summed E-state index contributed by atoms with van der Waals surface area (Å²) in [7, 11) is -1.77. The molecule has 3 nitrogen and oxygen atoms in total. The number of hydrogen-bond donors (Lipinski definition) is 2. The van der Waals surface area contributed by atoms with Gasteiger partial charge in [0.15, 0.2) is 0 Å². The van der Waals surface area contributed by atoms with Crippen LogP contribution in [-0.2, 0) is 0 Å². The van der Waals surface area contributed by atoms with Crippen LogP contribution in [0.4, 0.5) is 0 Å². The highest BCUT2D eigenvalue weighted by Crippen LogP contribution is 2.33. The molecule has 1 rings (SSSR count). The molecule has 1 unspecified atom stereocenters. The summed E-state index contributed by atoms with van der Waals surface area (Å²) in [5, 5.41) is 18.0. The number of benzene rings is 1. The molecule has 19 heavy (non-hydrogen) atoms. The number of hydrogen-bond acceptors (Lipinski definition) is 3. The summed E-state index contributed by atoms with van der Waals surface area (Å²) < 4.78 is 5.07. The lowest BCUT2D eigenvalue weighted by Crippen LogP contribution is -2.21. The average molecular weight is 262 g/mol. The summed E-state index contributed by atoms with van der Waals surface area (Å²) in [6, 6.07) is 7.58. The Hall–Kier alpha value is -1.26. The van der Waals surface area contributed by atoms with Gasteiger partial charge in [-0.1, -0.05) is 44.0 Å². The molecule has 0 bridgehead atoms. The largest absolute Gasteiger partial charge is 0.707 e. The Morgan fingerprint density at radius 3 is 2.68 bits per heavy atom. The molecule has 2 N–H and O–H groups in total. The highest BCUT2D eigenvalue weighted by molar-refractivity contribution is 6.33. The van der Waals surface area contributed by atoms with E-state index in [1.54, 1.807) is 6.07 Å². The molecule has 1 atom stereocenters. The molecule has 0 aliphatic carbocycles. The van der Waals surface area contributed by atoms with E-state index in [4.69, 9.17) is 14.7 Å². The van der Waals surface area contributed by atoms with Crippen molar-refractivity contribution < 1.29 is 14.7 Å². The Balaban J connectivity index is 2.88. The van der Waals surface area contributed by atoms with Crippen molar-refractivity contribution in [1.29, 1.82) is 0 Å². The first-order valence-corrected chi connectivity index (χ1v) is 6.91. The van der Waals surface area contributed by atoms with Crippen molar-refractivity contribution in [2.45, 2.75) is 44.9 Å². The van der Waals surface area contributed by atoms with Gasteiger partial charge in [-0.05, 0) is 36.8 Å². The summed E-state index contributed by atoms with van der Waals surface area (Å²) in [5.41, 5.74) is 1.05. The Kier molecular flexibility index (Phi) is 7.30. The number of rotatable bonds is 9. The van der Waals surface area contributed by atoms with Crippen LogP contribution in [0, 0.1) is 0 Å². The van der Waals surface area contributed by atoms with E-state index in [0.717, 1.165) is 37.7 Å². The Morgan fingerprint density at radius 2 is 2.05 bits per heavy atom. The first kappa shape index (κ1) is 15.8. The minimum atomic E-state index is -1.77. The molecule has 0 fully saturated rings. The van der Waals surface area contributed by atoms with Crippen LogP contribution >= 0.6 is 0 Å². The molecule has 0 aromatic heterocycles. The van der Waals surface area contributed by atoms with Crippen molar-refractivity contribution in [2.24, 2.45) is 0 Å². The third-order valence-electron chi connectivity index (χ3n) is 3.22. The molecule has 0 saturated carbocycles. The third-order valence-corrected chi connectivity index (χ3v) is 3.22. The van der Waals surface area contributed by atoms with Gasteiger partial charge in [-0.2, -0.15) is 0 Å². The van der Waals surface area contributed by atoms with Crippen molar-refractivity contribution in [3.63, 3.8) is 0 Å². The molecular formula is C15H23BO3. The number of allylic oxidation sites excluding steroid dienone is 1. The van der Waals surface area contributed by atoms with Crippen molar-refractivity contribution in [3.8, 4) is 5.75 Å². The van der Waals surface area contributed by atoms with E-state index in [2.05, 4.69) is 13.5 Å². The lowest BCUT2D eigenvalue weighted by Gasteiger charge is -2.20. The summed E-state index contributed by atoms with van der Waals surface area (Å²) in [6.07, 6.45) is 7.25. The lowest BCUT2D eigenvalue weighted by atomic mass is 9.88. The second-order valence-electron chi connectivity index (χ2n) is 4.69. The summed E-state index contributed by atoms with van der Waals surface area (Å²) in [5.74, 6) is 0.926. The molecule has 104 valence electrons. The van der Waals surface area contributed by atoms with Gasteiger partial charge in [0.05, 0.1) is 0 Å². The van der Waals surface area contributed by atoms with Crippen molar-refractivity contribution in [1.82, 2.24) is 0 Å². The van der Waals surface area contributed by atoms with Gasteiger partial charge in [0.25, 0.3) is 0 Å². The van der Waals surface area contributed by atoms with E-state index in [1.165, 1.54) is 0 Å². The predicted octanol–water partition coefficient (Wildman–Crippen LogP) is 3.27. The fraction of sp³-hybridized carbons (Fsp3) is 0.467. The first-order valence-electron chi connectivity index (χ1n) is 6.91. The van der Waals surface area contributed by atoms with Crippen LogP contribution in [0.2, 0.25) is 0 Å². The normalized spacial score (nSPS) is 11.9. The summed E-state index contributed by atoms with van der Waals surface area (Å²) in [4.78, 5) is 0. The Morgan fingerprint density at radius 1 is 1.32 bits per heavy atom. The minimum absolute atomic E-state index is 0.368. The van der Waals surface area contributed by atoms with Crippen LogP contribution in [-0.4, -0.2) is 17.4 Å². The number of unbranched alkanes of at least 4 members (excludes halogenated alkanes) is 1. The van der Waals surface area contributed by atoms with Crippen LogP contribution in [0.1, 0.15) is 50.5 Å². The van der Waals surface area contributed by atoms with Gasteiger partial charge in [-0.25, -0.2) is 0 Å². The molecule has 0 saturated heterocycles. The molecule has 1 aromatic rings.